The van der Waals surface area contributed by atoms with E-state index in [1.165, 1.54) is 13.0 Å². The first kappa shape index (κ1) is 30.0. The fourth-order valence-electron chi connectivity index (χ4n) is 5.06. The molecule has 13 heteroatoms. The van der Waals surface area contributed by atoms with Gasteiger partial charge in [0.2, 0.25) is 0 Å². The number of nitrogens with zero attached hydrogens (tertiary/aromatic N) is 2. The first-order valence-corrected chi connectivity index (χ1v) is 12.7. The average molecular weight is 583 g/mol. The van der Waals surface area contributed by atoms with E-state index in [0.717, 1.165) is 36.3 Å². The third-order valence-electron chi connectivity index (χ3n) is 7.58. The van der Waals surface area contributed by atoms with Crippen molar-refractivity contribution < 1.29 is 49.0 Å². The van der Waals surface area contributed by atoms with Crippen molar-refractivity contribution in [1.82, 2.24) is 9.80 Å². The molecule has 4 nitrogen and oxygen atoms in total. The van der Waals surface area contributed by atoms with Gasteiger partial charge in [0.15, 0.2) is 0 Å². The molecule has 1 saturated carbocycles. The van der Waals surface area contributed by atoms with E-state index in [9.17, 15) is 44.3 Å². The summed E-state index contributed by atoms with van der Waals surface area (Å²) in [6.45, 7) is 3.88. The van der Waals surface area contributed by atoms with E-state index >= 15 is 0 Å². The molecule has 0 radical (unpaired) electrons. The van der Waals surface area contributed by atoms with Crippen molar-refractivity contribution in [2.75, 3.05) is 6.54 Å². The molecule has 2 aliphatic rings. The summed E-state index contributed by atoms with van der Waals surface area (Å²) in [6.07, 6.45) is -14.5. The van der Waals surface area contributed by atoms with E-state index in [0.29, 0.717) is 30.8 Å². The van der Waals surface area contributed by atoms with Gasteiger partial charge in [-0.1, -0.05) is 19.4 Å². The molecule has 1 aliphatic heterocycles. The van der Waals surface area contributed by atoms with Gasteiger partial charge >= 0.3 is 24.6 Å². The number of carbonyl (C=O) groups is 1. The van der Waals surface area contributed by atoms with Crippen LogP contribution in [0, 0.1) is 0 Å². The minimum Gasteiger partial charge on any atom is -0.439 e. The van der Waals surface area contributed by atoms with Gasteiger partial charge in [0.05, 0.1) is 22.7 Å². The summed E-state index contributed by atoms with van der Waals surface area (Å²) in [5.74, 6) is 0. The van der Waals surface area contributed by atoms with Crippen LogP contribution in [0.3, 0.4) is 0 Å². The molecule has 220 valence electrons. The smallest absolute Gasteiger partial charge is 0.416 e. The minimum atomic E-state index is -5.10. The van der Waals surface area contributed by atoms with Crippen LogP contribution in [0.4, 0.5) is 44.3 Å². The highest BCUT2D eigenvalue weighted by atomic mass is 19.4. The number of alkyl halides is 9. The average Bonchev–Trinajstić information content (AvgIpc) is 3.09. The number of ether oxygens (including phenoxy) is 1. The number of carbonyl (C=O) groups excluding carboxylic acids is 1. The van der Waals surface area contributed by atoms with Gasteiger partial charge in [-0.25, -0.2) is 4.79 Å². The third-order valence-corrected chi connectivity index (χ3v) is 7.58. The fraction of sp³-hybridized carbons (Fsp3) is 0.519. The lowest BCUT2D eigenvalue weighted by molar-refractivity contribution is -0.143. The van der Waals surface area contributed by atoms with Crippen LogP contribution in [0.25, 0.3) is 0 Å². The van der Waals surface area contributed by atoms with Gasteiger partial charge in [-0.3, -0.25) is 9.80 Å². The molecule has 2 aromatic carbocycles. The van der Waals surface area contributed by atoms with E-state index < -0.39 is 59.0 Å². The van der Waals surface area contributed by atoms with Crippen LogP contribution in [0.2, 0.25) is 0 Å². The number of hydrogen-bond donors (Lipinski definition) is 0. The molecule has 1 saturated heterocycles. The second-order valence-corrected chi connectivity index (χ2v) is 10.1. The highest BCUT2D eigenvalue weighted by molar-refractivity contribution is 5.71. The van der Waals surface area contributed by atoms with Crippen molar-refractivity contribution in [3.63, 3.8) is 0 Å². The first-order valence-electron chi connectivity index (χ1n) is 12.7. The number of cyclic esters (lactones) is 1. The Morgan fingerprint density at radius 1 is 0.850 bits per heavy atom. The highest BCUT2D eigenvalue weighted by Crippen LogP contribution is 2.41. The molecule has 2 fully saturated rings. The van der Waals surface area contributed by atoms with Gasteiger partial charge in [-0.15, -0.1) is 0 Å². The van der Waals surface area contributed by atoms with Crippen molar-refractivity contribution in [3.8, 4) is 0 Å². The Kier molecular flexibility index (Phi) is 8.09. The number of rotatable bonds is 7. The van der Waals surface area contributed by atoms with Crippen LogP contribution in [-0.4, -0.2) is 34.5 Å². The van der Waals surface area contributed by atoms with Gasteiger partial charge < -0.3 is 4.74 Å². The summed E-state index contributed by atoms with van der Waals surface area (Å²) in [5.41, 5.74) is -3.88. The van der Waals surface area contributed by atoms with E-state index in [2.05, 4.69) is 4.90 Å². The molecule has 0 spiro atoms. The van der Waals surface area contributed by atoms with Crippen molar-refractivity contribution in [1.29, 1.82) is 0 Å². The zero-order chi connectivity index (χ0) is 29.6. The molecule has 0 aromatic heterocycles. The Bertz CT molecular complexity index is 1200. The summed E-state index contributed by atoms with van der Waals surface area (Å²) >= 11 is 0. The summed E-state index contributed by atoms with van der Waals surface area (Å²) in [4.78, 5) is 15.9. The Morgan fingerprint density at radius 2 is 1.43 bits per heavy atom. The minimum absolute atomic E-state index is 0.0286. The summed E-state index contributed by atoms with van der Waals surface area (Å²) in [7, 11) is 0. The van der Waals surface area contributed by atoms with E-state index in [1.54, 1.807) is 0 Å². The molecule has 2 aromatic rings. The van der Waals surface area contributed by atoms with Crippen LogP contribution >= 0.6 is 0 Å². The van der Waals surface area contributed by atoms with Gasteiger partial charge in [-0.05, 0) is 73.3 Å². The first-order chi connectivity index (χ1) is 18.5. The monoisotopic (exact) mass is 582 g/mol. The summed E-state index contributed by atoms with van der Waals surface area (Å²) in [5, 5.41) is 0. The maximum atomic E-state index is 13.5. The van der Waals surface area contributed by atoms with Crippen LogP contribution in [0.5, 0.6) is 0 Å². The maximum absolute atomic E-state index is 13.5. The lowest BCUT2D eigenvalue weighted by Crippen LogP contribution is -2.40. The normalized spacial score (nSPS) is 20.7. The van der Waals surface area contributed by atoms with Gasteiger partial charge in [0.25, 0.3) is 0 Å². The number of benzene rings is 2. The molecule has 0 N–H and O–H groups in total. The number of halogens is 9. The zero-order valence-electron chi connectivity index (χ0n) is 21.6. The van der Waals surface area contributed by atoms with Gasteiger partial charge in [0, 0.05) is 19.1 Å². The predicted octanol–water partition coefficient (Wildman–Crippen LogP) is 8.20. The molecular weight excluding hydrogens is 555 g/mol. The predicted molar refractivity (Wildman–Crippen MR) is 126 cm³/mol. The molecule has 0 bridgehead atoms. The SMILES string of the molecule is CCN(Cc1ccc(C(F)(F)F)cc1CN1C(=O)O[C@H](c2cc(C(F)(F)F)cc(C(F)(F)F)c2)[C@@H]1C)C1CCC1. The number of hydrogen-bond acceptors (Lipinski definition) is 3. The Morgan fingerprint density at radius 3 is 1.90 bits per heavy atom. The standard InChI is InChI=1S/C27H27F9N2O2/c1-3-37(22-5-4-6-22)13-16-7-8-19(25(28,29)30)11-18(16)14-38-15(2)23(40-24(38)39)17-9-20(26(31,32)33)12-21(10-17)27(34,35)36/h7-12,15,22-23H,3-6,13-14H2,1-2H3/t15-,23-/m0/s1. The molecule has 2 atom stereocenters. The largest absolute Gasteiger partial charge is 0.439 e. The molecule has 0 unspecified atom stereocenters. The Balaban J connectivity index is 1.67. The van der Waals surface area contributed by atoms with E-state index in [-0.39, 0.29) is 24.2 Å². The van der Waals surface area contributed by atoms with Crippen molar-refractivity contribution in [3.05, 3.63) is 69.8 Å². The van der Waals surface area contributed by atoms with E-state index in [4.69, 9.17) is 4.74 Å². The molecular formula is C27H27F9N2O2. The lowest BCUT2D eigenvalue weighted by atomic mass is 9.90. The molecule has 1 aliphatic carbocycles. The highest BCUT2D eigenvalue weighted by Gasteiger charge is 2.44. The van der Waals surface area contributed by atoms with Crippen LogP contribution in [-0.2, 0) is 36.4 Å². The third kappa shape index (κ3) is 6.34. The number of amides is 1. The van der Waals surface area contributed by atoms with Gasteiger partial charge in [0.1, 0.15) is 6.10 Å². The van der Waals surface area contributed by atoms with E-state index in [1.807, 2.05) is 6.92 Å². The molecule has 40 heavy (non-hydrogen) atoms. The second-order valence-electron chi connectivity index (χ2n) is 10.1. The van der Waals surface area contributed by atoms with Gasteiger partial charge in [-0.2, -0.15) is 39.5 Å². The van der Waals surface area contributed by atoms with Crippen LogP contribution < -0.4 is 0 Å². The molecule has 4 rings (SSSR count). The van der Waals surface area contributed by atoms with Crippen molar-refractivity contribution in [2.24, 2.45) is 0 Å². The molecule has 1 heterocycles. The lowest BCUT2D eigenvalue weighted by Gasteiger charge is -2.37. The topological polar surface area (TPSA) is 32.8 Å². The Hall–Kier alpha value is -2.96. The Labute approximate surface area is 224 Å². The van der Waals surface area contributed by atoms with Crippen LogP contribution in [0.1, 0.15) is 72.6 Å². The fourth-order valence-corrected chi connectivity index (χ4v) is 5.06. The summed E-state index contributed by atoms with van der Waals surface area (Å²) < 4.78 is 126. The van der Waals surface area contributed by atoms with Crippen molar-refractivity contribution >= 4 is 6.09 Å². The zero-order valence-corrected chi connectivity index (χ0v) is 21.6. The molecule has 1 amide bonds. The quantitative estimate of drug-likeness (QED) is 0.309. The maximum Gasteiger partial charge on any atom is 0.416 e. The van der Waals surface area contributed by atoms with Crippen molar-refractivity contribution in [2.45, 2.75) is 82.9 Å². The summed E-state index contributed by atoms with van der Waals surface area (Å²) in [6, 6.07) is 3.36. The van der Waals surface area contributed by atoms with Crippen LogP contribution in [0.15, 0.2) is 36.4 Å². The second kappa shape index (κ2) is 10.8.